The third-order valence-corrected chi connectivity index (χ3v) is 6.51. The zero-order valence-electron chi connectivity index (χ0n) is 20.9. The topological polar surface area (TPSA) is 77.2 Å². The minimum absolute atomic E-state index is 0.0289. The number of nitrogens with zero attached hydrogens (tertiary/aromatic N) is 4. The van der Waals surface area contributed by atoms with Crippen LogP contribution in [0.1, 0.15) is 32.7 Å². The molecule has 1 amide bonds. The highest BCUT2D eigenvalue weighted by Crippen LogP contribution is 2.34. The van der Waals surface area contributed by atoms with Gasteiger partial charge >= 0.3 is 6.18 Å². The monoisotopic (exact) mass is 536 g/mol. The highest BCUT2D eigenvalue weighted by atomic mass is 19.4. The second-order valence-electron chi connectivity index (χ2n) is 9.38. The maximum absolute atomic E-state index is 13.9. The van der Waals surface area contributed by atoms with Gasteiger partial charge in [-0.15, -0.1) is 0 Å². The van der Waals surface area contributed by atoms with E-state index in [2.05, 4.69) is 37.2 Å². The molecule has 0 saturated carbocycles. The molecule has 5 rings (SSSR count). The lowest BCUT2D eigenvalue weighted by atomic mass is 10.0. The van der Waals surface area contributed by atoms with Crippen molar-refractivity contribution in [1.82, 2.24) is 25.0 Å². The minimum atomic E-state index is -4.57. The van der Waals surface area contributed by atoms with E-state index >= 15 is 0 Å². The first-order valence-electron chi connectivity index (χ1n) is 12.2. The van der Waals surface area contributed by atoms with E-state index in [1.165, 1.54) is 42.7 Å². The van der Waals surface area contributed by atoms with Crippen LogP contribution in [0.2, 0.25) is 0 Å². The molecule has 1 fully saturated rings. The summed E-state index contributed by atoms with van der Waals surface area (Å²) in [5.74, 6) is 4.71. The quantitative estimate of drug-likeness (QED) is 0.297. The van der Waals surface area contributed by atoms with Gasteiger partial charge in [0.2, 0.25) is 0 Å². The van der Waals surface area contributed by atoms with Crippen molar-refractivity contribution in [3.8, 4) is 11.8 Å². The van der Waals surface area contributed by atoms with Gasteiger partial charge in [0.15, 0.2) is 0 Å². The number of hydrogen-bond donors (Lipinski definition) is 2. The number of amides is 1. The molecule has 0 radical (unpaired) electrons. The Morgan fingerprint density at radius 1 is 1.05 bits per heavy atom. The molecule has 4 aromatic rings. The summed E-state index contributed by atoms with van der Waals surface area (Å²) in [6.45, 7) is 3.15. The number of rotatable bonds is 4. The second-order valence-corrected chi connectivity index (χ2v) is 9.38. The number of H-pyrrole nitrogens is 1. The number of carbonyl (C=O) groups is 1. The lowest BCUT2D eigenvalue weighted by Crippen LogP contribution is -2.44. The highest BCUT2D eigenvalue weighted by molar-refractivity contribution is 6.04. The van der Waals surface area contributed by atoms with E-state index in [0.29, 0.717) is 35.2 Å². The number of pyridine rings is 1. The van der Waals surface area contributed by atoms with Crippen molar-refractivity contribution in [2.45, 2.75) is 12.7 Å². The Balaban J connectivity index is 1.32. The number of likely N-dealkylation sites (N-methyl/N-ethyl adjacent to an activating group) is 1. The van der Waals surface area contributed by atoms with Crippen LogP contribution < -0.4 is 5.32 Å². The number of carbonyl (C=O) groups excluding carboxylic acids is 1. The molecule has 0 aliphatic carbocycles. The fourth-order valence-electron chi connectivity index (χ4n) is 4.36. The number of fused-ring (bicyclic) bond motifs is 1. The van der Waals surface area contributed by atoms with Crippen LogP contribution in [0, 0.1) is 17.7 Å². The van der Waals surface area contributed by atoms with E-state index in [0.717, 1.165) is 19.2 Å². The maximum atomic E-state index is 13.9. The largest absolute Gasteiger partial charge is 0.416 e. The van der Waals surface area contributed by atoms with Gasteiger partial charge in [0.25, 0.3) is 5.91 Å². The van der Waals surface area contributed by atoms with Crippen LogP contribution in [0.15, 0.2) is 54.9 Å². The van der Waals surface area contributed by atoms with Gasteiger partial charge in [-0.2, -0.15) is 18.3 Å². The fraction of sp³-hybridized carbons (Fsp3) is 0.250. The molecule has 2 aromatic heterocycles. The van der Waals surface area contributed by atoms with Crippen molar-refractivity contribution in [2.75, 3.05) is 38.5 Å². The number of halogens is 4. The maximum Gasteiger partial charge on any atom is 0.416 e. The van der Waals surface area contributed by atoms with Crippen LogP contribution in [0.25, 0.3) is 10.9 Å². The van der Waals surface area contributed by atoms with Crippen LogP contribution >= 0.6 is 0 Å². The van der Waals surface area contributed by atoms with Gasteiger partial charge < -0.3 is 10.2 Å². The Morgan fingerprint density at radius 3 is 2.62 bits per heavy atom. The van der Waals surface area contributed by atoms with Gasteiger partial charge in [-0.3, -0.25) is 19.8 Å². The fourth-order valence-corrected chi connectivity index (χ4v) is 4.36. The predicted molar refractivity (Wildman–Crippen MR) is 138 cm³/mol. The molecule has 7 nitrogen and oxygen atoms in total. The minimum Gasteiger partial charge on any atom is -0.322 e. The van der Waals surface area contributed by atoms with Gasteiger partial charge in [-0.05, 0) is 54.9 Å². The van der Waals surface area contributed by atoms with Crippen molar-refractivity contribution in [1.29, 1.82) is 0 Å². The van der Waals surface area contributed by atoms with Crippen molar-refractivity contribution in [2.24, 2.45) is 0 Å². The lowest BCUT2D eigenvalue weighted by Gasteiger charge is -2.33. The molecular weight excluding hydrogens is 512 g/mol. The van der Waals surface area contributed by atoms with Crippen LogP contribution in [-0.2, 0) is 12.7 Å². The molecule has 200 valence electrons. The van der Waals surface area contributed by atoms with E-state index in [-0.39, 0.29) is 23.4 Å². The second kappa shape index (κ2) is 10.8. The van der Waals surface area contributed by atoms with Crippen LogP contribution in [0.3, 0.4) is 0 Å². The van der Waals surface area contributed by atoms with Gasteiger partial charge in [0.05, 0.1) is 16.6 Å². The molecule has 1 aliphatic rings. The smallest absolute Gasteiger partial charge is 0.322 e. The Hall–Kier alpha value is -4.27. The Kier molecular flexibility index (Phi) is 7.32. The van der Waals surface area contributed by atoms with E-state index in [1.54, 1.807) is 6.07 Å². The molecule has 3 heterocycles. The van der Waals surface area contributed by atoms with E-state index in [4.69, 9.17) is 0 Å². The number of aromatic nitrogens is 3. The Morgan fingerprint density at radius 2 is 1.85 bits per heavy atom. The zero-order chi connectivity index (χ0) is 27.6. The van der Waals surface area contributed by atoms with Gasteiger partial charge in [-0.1, -0.05) is 12.0 Å². The lowest BCUT2D eigenvalue weighted by molar-refractivity contribution is -0.138. The Labute approximate surface area is 221 Å². The third-order valence-electron chi connectivity index (χ3n) is 6.51. The number of hydrogen-bond acceptors (Lipinski definition) is 5. The number of aromatic amines is 1. The summed E-state index contributed by atoms with van der Waals surface area (Å²) in [5.41, 5.74) is 0.849. The van der Waals surface area contributed by atoms with E-state index in [9.17, 15) is 22.4 Å². The van der Waals surface area contributed by atoms with Gasteiger partial charge in [0, 0.05) is 61.8 Å². The molecular formula is C28H24F4N6O. The first-order chi connectivity index (χ1) is 18.7. The number of nitrogens with one attached hydrogen (secondary N) is 2. The summed E-state index contributed by atoms with van der Waals surface area (Å²) in [4.78, 5) is 21.0. The Bertz CT molecular complexity index is 1580. The average molecular weight is 537 g/mol. The van der Waals surface area contributed by atoms with Gasteiger partial charge in [0.1, 0.15) is 11.5 Å². The predicted octanol–water partition coefficient (Wildman–Crippen LogP) is 4.52. The molecule has 0 bridgehead atoms. The summed E-state index contributed by atoms with van der Waals surface area (Å²) >= 11 is 0. The summed E-state index contributed by atoms with van der Waals surface area (Å²) in [6.07, 6.45) is -1.81. The van der Waals surface area contributed by atoms with E-state index in [1.807, 2.05) is 11.9 Å². The van der Waals surface area contributed by atoms with E-state index < -0.39 is 23.5 Å². The van der Waals surface area contributed by atoms with Crippen LogP contribution in [-0.4, -0.2) is 64.1 Å². The molecule has 1 aliphatic heterocycles. The number of alkyl halides is 3. The van der Waals surface area contributed by atoms with Gasteiger partial charge in [-0.25, -0.2) is 4.39 Å². The number of benzene rings is 2. The first-order valence-corrected chi connectivity index (χ1v) is 12.2. The number of piperazine rings is 1. The van der Waals surface area contributed by atoms with Crippen LogP contribution in [0.4, 0.5) is 23.2 Å². The standard InChI is InChI=1S/C28H24F4N6O/c1-37-8-10-38(11-9-37)17-19-3-5-22(14-24(19)28(30,31)32)34-27(39)20-12-18(15-33-16-20)2-7-25-23-6-4-21(29)13-26(23)36-35-25/h3-6,12-16H,8-11,17H2,1H3,(H,34,39)(H,35,36). The summed E-state index contributed by atoms with van der Waals surface area (Å²) in [5, 5.41) is 9.96. The molecule has 2 aromatic carbocycles. The summed E-state index contributed by atoms with van der Waals surface area (Å²) < 4.78 is 55.0. The summed E-state index contributed by atoms with van der Waals surface area (Å²) in [7, 11) is 1.98. The molecule has 11 heteroatoms. The van der Waals surface area contributed by atoms with Crippen molar-refractivity contribution < 1.29 is 22.4 Å². The molecule has 0 atom stereocenters. The van der Waals surface area contributed by atoms with Crippen molar-refractivity contribution in [3.63, 3.8) is 0 Å². The van der Waals surface area contributed by atoms with Crippen LogP contribution in [0.5, 0.6) is 0 Å². The summed E-state index contributed by atoms with van der Waals surface area (Å²) in [6, 6.07) is 9.51. The van der Waals surface area contributed by atoms with Crippen molar-refractivity contribution >= 4 is 22.5 Å². The zero-order valence-corrected chi connectivity index (χ0v) is 20.9. The third kappa shape index (κ3) is 6.25. The SMILES string of the molecule is CN1CCN(Cc2ccc(NC(=O)c3cncc(C#Cc4n[nH]c5cc(F)ccc45)c3)cc2C(F)(F)F)CC1. The first kappa shape index (κ1) is 26.3. The molecule has 2 N–H and O–H groups in total. The van der Waals surface area contributed by atoms with Crippen molar-refractivity contribution in [3.05, 3.63) is 88.6 Å². The molecule has 0 unspecified atom stereocenters. The number of anilines is 1. The molecule has 0 spiro atoms. The molecule has 39 heavy (non-hydrogen) atoms. The average Bonchev–Trinajstić information content (AvgIpc) is 3.31. The molecule has 1 saturated heterocycles. The normalized spacial score (nSPS) is 14.7. The highest BCUT2D eigenvalue weighted by Gasteiger charge is 2.34.